The molecular weight excluding hydrogens is 432 g/mol. The van der Waals surface area contributed by atoms with Crippen LogP contribution in [0.3, 0.4) is 0 Å². The molecular formula is C26H28N4O2S. The molecule has 0 bridgehead atoms. The zero-order valence-electron chi connectivity index (χ0n) is 19.2. The third-order valence-electron chi connectivity index (χ3n) is 6.75. The third-order valence-corrected chi connectivity index (χ3v) is 7.69. The van der Waals surface area contributed by atoms with Crippen molar-refractivity contribution in [3.63, 3.8) is 0 Å². The van der Waals surface area contributed by atoms with Crippen LogP contribution in [0.5, 0.6) is 0 Å². The van der Waals surface area contributed by atoms with Crippen molar-refractivity contribution in [1.29, 1.82) is 0 Å². The Hall–Kier alpha value is -3.19. The van der Waals surface area contributed by atoms with Gasteiger partial charge in [-0.15, -0.1) is 11.3 Å². The Kier molecular flexibility index (Phi) is 5.66. The highest BCUT2D eigenvalue weighted by Gasteiger charge is 2.22. The third kappa shape index (κ3) is 4.02. The van der Waals surface area contributed by atoms with E-state index in [0.29, 0.717) is 11.0 Å². The second-order valence-corrected chi connectivity index (χ2v) is 9.91. The smallest absolute Gasteiger partial charge is 0.273 e. The molecule has 1 aromatic carbocycles. The van der Waals surface area contributed by atoms with Gasteiger partial charge in [-0.3, -0.25) is 19.4 Å². The van der Waals surface area contributed by atoms with Crippen LogP contribution in [-0.2, 0) is 31.1 Å². The second kappa shape index (κ2) is 8.63. The van der Waals surface area contributed by atoms with Gasteiger partial charge in [0.2, 0.25) is 5.91 Å². The van der Waals surface area contributed by atoms with Crippen molar-refractivity contribution in [1.82, 2.24) is 20.1 Å². The molecule has 0 spiro atoms. The highest BCUT2D eigenvalue weighted by atomic mass is 32.1. The number of amides is 1. The van der Waals surface area contributed by atoms with E-state index in [1.54, 1.807) is 23.1 Å². The molecule has 1 amide bonds. The first-order valence-electron chi connectivity index (χ1n) is 11.4. The number of pyridine rings is 1. The summed E-state index contributed by atoms with van der Waals surface area (Å²) >= 11 is 1.65. The van der Waals surface area contributed by atoms with Gasteiger partial charge in [-0.2, -0.15) is 0 Å². The van der Waals surface area contributed by atoms with Crippen molar-refractivity contribution in [2.75, 3.05) is 0 Å². The number of hydrogen-bond donors (Lipinski definition) is 2. The van der Waals surface area contributed by atoms with Gasteiger partial charge in [0.25, 0.3) is 5.56 Å². The van der Waals surface area contributed by atoms with Gasteiger partial charge in [-0.1, -0.05) is 24.3 Å². The molecule has 170 valence electrons. The van der Waals surface area contributed by atoms with Crippen LogP contribution in [0.25, 0.3) is 11.0 Å². The molecule has 0 saturated carbocycles. The topological polar surface area (TPSA) is 79.8 Å². The first-order chi connectivity index (χ1) is 15.9. The fraction of sp³-hybridized carbons (Fsp3) is 0.346. The lowest BCUT2D eigenvalue weighted by Crippen LogP contribution is -2.31. The largest absolute Gasteiger partial charge is 0.344 e. The molecule has 1 aliphatic rings. The van der Waals surface area contributed by atoms with Crippen LogP contribution in [0.2, 0.25) is 0 Å². The lowest BCUT2D eigenvalue weighted by Gasteiger charge is -2.22. The van der Waals surface area contributed by atoms with Gasteiger partial charge >= 0.3 is 0 Å². The molecule has 1 unspecified atom stereocenters. The number of aryl methyl sites for hydroxylation is 5. The number of thiophene rings is 1. The Morgan fingerprint density at radius 3 is 2.76 bits per heavy atom. The summed E-state index contributed by atoms with van der Waals surface area (Å²) in [6.45, 7) is 3.79. The van der Waals surface area contributed by atoms with Gasteiger partial charge in [0.15, 0.2) is 5.65 Å². The van der Waals surface area contributed by atoms with Crippen LogP contribution in [-0.4, -0.2) is 20.7 Å². The summed E-state index contributed by atoms with van der Waals surface area (Å²) in [5, 5.41) is 8.62. The van der Waals surface area contributed by atoms with Gasteiger partial charge in [-0.05, 0) is 78.8 Å². The van der Waals surface area contributed by atoms with E-state index < -0.39 is 0 Å². The summed E-state index contributed by atoms with van der Waals surface area (Å²) < 4.78 is 1.63. The number of fused-ring (bicyclic) bond motifs is 2. The lowest BCUT2D eigenvalue weighted by atomic mass is 9.89. The number of carbonyl (C=O) groups is 1. The van der Waals surface area contributed by atoms with Crippen LogP contribution in [0, 0.1) is 13.8 Å². The number of benzene rings is 1. The number of rotatable bonds is 5. The number of aromatic amines is 1. The van der Waals surface area contributed by atoms with Crippen LogP contribution in [0.1, 0.15) is 57.3 Å². The Morgan fingerprint density at radius 1 is 1.21 bits per heavy atom. The number of aromatic nitrogens is 3. The summed E-state index contributed by atoms with van der Waals surface area (Å²) in [6.07, 6.45) is 4.89. The van der Waals surface area contributed by atoms with E-state index in [4.69, 9.17) is 0 Å². The highest BCUT2D eigenvalue weighted by molar-refractivity contribution is 7.10. The normalized spacial score (nSPS) is 14.3. The van der Waals surface area contributed by atoms with Gasteiger partial charge in [0.05, 0.1) is 17.8 Å². The molecule has 1 atom stereocenters. The monoisotopic (exact) mass is 460 g/mol. The molecule has 6 nitrogen and oxygen atoms in total. The maximum atomic E-state index is 13.3. The fourth-order valence-electron chi connectivity index (χ4n) is 4.99. The summed E-state index contributed by atoms with van der Waals surface area (Å²) in [5.41, 5.74) is 6.79. The molecule has 1 aliphatic carbocycles. The maximum absolute atomic E-state index is 13.3. The highest BCUT2D eigenvalue weighted by Crippen LogP contribution is 2.30. The second-order valence-electron chi connectivity index (χ2n) is 8.93. The SMILES string of the molecule is Cc1nc2c(c(C)c1CC(=O)NC(c1ccc3c(c1)CCCC3)c1cccs1)c(=O)[nH]n2C. The Balaban J connectivity index is 1.46. The minimum Gasteiger partial charge on any atom is -0.344 e. The Morgan fingerprint density at radius 2 is 2.00 bits per heavy atom. The summed E-state index contributed by atoms with van der Waals surface area (Å²) in [7, 11) is 1.77. The zero-order valence-corrected chi connectivity index (χ0v) is 20.0. The van der Waals surface area contributed by atoms with Gasteiger partial charge < -0.3 is 5.32 Å². The number of carbonyl (C=O) groups excluding carboxylic acids is 1. The van der Waals surface area contributed by atoms with Crippen LogP contribution >= 0.6 is 11.3 Å². The van der Waals surface area contributed by atoms with E-state index in [2.05, 4.69) is 39.7 Å². The van der Waals surface area contributed by atoms with E-state index in [9.17, 15) is 9.59 Å². The molecule has 3 heterocycles. The van der Waals surface area contributed by atoms with E-state index in [-0.39, 0.29) is 23.9 Å². The Labute approximate surface area is 196 Å². The number of H-pyrrole nitrogens is 1. The molecule has 33 heavy (non-hydrogen) atoms. The van der Waals surface area contributed by atoms with Crippen molar-refractivity contribution in [2.45, 2.75) is 52.0 Å². The first kappa shape index (κ1) is 21.6. The minimum absolute atomic E-state index is 0.0779. The fourth-order valence-corrected chi connectivity index (χ4v) is 5.79. The van der Waals surface area contributed by atoms with Crippen molar-refractivity contribution in [2.24, 2.45) is 7.05 Å². The van der Waals surface area contributed by atoms with E-state index in [1.165, 1.54) is 24.0 Å². The molecule has 7 heteroatoms. The average Bonchev–Trinajstić information content (AvgIpc) is 3.43. The number of nitrogens with one attached hydrogen (secondary N) is 2. The van der Waals surface area contributed by atoms with Crippen LogP contribution in [0.4, 0.5) is 0 Å². The molecule has 3 aromatic heterocycles. The zero-order chi connectivity index (χ0) is 23.1. The van der Waals surface area contributed by atoms with Crippen molar-refractivity contribution < 1.29 is 4.79 Å². The summed E-state index contributed by atoms with van der Waals surface area (Å²) in [4.78, 5) is 31.4. The summed E-state index contributed by atoms with van der Waals surface area (Å²) in [5.74, 6) is -0.0779. The lowest BCUT2D eigenvalue weighted by molar-refractivity contribution is -0.120. The maximum Gasteiger partial charge on any atom is 0.273 e. The molecule has 0 radical (unpaired) electrons. The summed E-state index contributed by atoms with van der Waals surface area (Å²) in [6, 6.07) is 10.6. The van der Waals surface area contributed by atoms with E-state index >= 15 is 0 Å². The number of nitrogens with zero attached hydrogens (tertiary/aromatic N) is 2. The van der Waals surface area contributed by atoms with Gasteiger partial charge in [-0.25, -0.2) is 4.98 Å². The minimum atomic E-state index is -0.192. The molecule has 4 aromatic rings. The van der Waals surface area contributed by atoms with Crippen molar-refractivity contribution in [3.8, 4) is 0 Å². The van der Waals surface area contributed by atoms with Gasteiger partial charge in [0, 0.05) is 17.6 Å². The molecule has 0 aliphatic heterocycles. The molecule has 0 fully saturated rings. The predicted molar refractivity (Wildman–Crippen MR) is 132 cm³/mol. The number of hydrogen-bond acceptors (Lipinski definition) is 4. The van der Waals surface area contributed by atoms with Crippen LogP contribution in [0.15, 0.2) is 40.5 Å². The van der Waals surface area contributed by atoms with E-state index in [1.807, 2.05) is 25.3 Å². The quantitative estimate of drug-likeness (QED) is 0.467. The molecule has 0 saturated heterocycles. The van der Waals surface area contributed by atoms with E-state index in [0.717, 1.165) is 40.1 Å². The average molecular weight is 461 g/mol. The van der Waals surface area contributed by atoms with Crippen molar-refractivity contribution >= 4 is 28.3 Å². The Bertz CT molecular complexity index is 1400. The molecule has 5 rings (SSSR count). The molecule has 2 N–H and O–H groups in total. The standard InChI is InChI=1S/C26H28N4O2S/c1-15-20(16(2)27-25-23(15)26(32)29-30(25)3)14-22(31)28-24(21-9-6-12-33-21)19-11-10-17-7-4-5-8-18(17)13-19/h6,9-13,24H,4-5,7-8,14H2,1-3H3,(H,28,31)(H,29,32). The van der Waals surface area contributed by atoms with Crippen LogP contribution < -0.4 is 10.9 Å². The van der Waals surface area contributed by atoms with Gasteiger partial charge in [0.1, 0.15) is 0 Å². The van der Waals surface area contributed by atoms with Crippen molar-refractivity contribution in [3.05, 3.63) is 84.5 Å². The predicted octanol–water partition coefficient (Wildman–Crippen LogP) is 4.27. The first-order valence-corrected chi connectivity index (χ1v) is 12.3.